The van der Waals surface area contributed by atoms with Crippen LogP contribution in [0.15, 0.2) is 6.07 Å². The van der Waals surface area contributed by atoms with Crippen LogP contribution in [0.2, 0.25) is 0 Å². The Balaban J connectivity index is 1.81. The fraction of sp³-hybridized carbons (Fsp3) is 0.586. The van der Waals surface area contributed by atoms with Crippen LogP contribution in [-0.2, 0) is 30.4 Å². The molecule has 6 atom stereocenters. The van der Waals surface area contributed by atoms with E-state index in [1.807, 2.05) is 0 Å². The number of hydroxylamine groups is 2. The fourth-order valence-corrected chi connectivity index (χ4v) is 6.71. The number of rotatable bonds is 6. The highest BCUT2D eigenvalue weighted by Gasteiger charge is 2.69. The van der Waals surface area contributed by atoms with Crippen LogP contribution in [0.25, 0.3) is 0 Å². The molecular weight excluding hydrogens is 562 g/mol. The summed E-state index contributed by atoms with van der Waals surface area (Å²) in [4.78, 5) is 82.8. The van der Waals surface area contributed by atoms with Crippen molar-refractivity contribution < 1.29 is 44.2 Å². The van der Waals surface area contributed by atoms with E-state index in [1.165, 1.54) is 25.1 Å². The van der Waals surface area contributed by atoms with E-state index >= 15 is 0 Å². The summed E-state index contributed by atoms with van der Waals surface area (Å²) in [5, 5.41) is 36.5. The highest BCUT2D eigenvalue weighted by Crippen LogP contribution is 2.52. The third-order valence-electron chi connectivity index (χ3n) is 8.86. The predicted molar refractivity (Wildman–Crippen MR) is 153 cm³/mol. The summed E-state index contributed by atoms with van der Waals surface area (Å²) in [6.07, 6.45) is 0.00469. The van der Waals surface area contributed by atoms with Crippen LogP contribution in [0.5, 0.6) is 5.75 Å². The molecule has 3 aliphatic rings. The van der Waals surface area contributed by atoms with Gasteiger partial charge in [-0.3, -0.25) is 33.7 Å². The van der Waals surface area contributed by atoms with Gasteiger partial charge in [0.25, 0.3) is 0 Å². The summed E-state index contributed by atoms with van der Waals surface area (Å²) in [5.41, 5.74) is 2.25. The second kappa shape index (κ2) is 10.8. The van der Waals surface area contributed by atoms with Crippen LogP contribution in [0, 0.1) is 23.7 Å². The molecule has 4 rings (SSSR count). The Hall–Kier alpha value is -3.72. The van der Waals surface area contributed by atoms with E-state index in [9.17, 15) is 44.2 Å². The molecule has 3 aliphatic carbocycles. The van der Waals surface area contributed by atoms with E-state index in [-0.39, 0.29) is 24.1 Å². The lowest BCUT2D eigenvalue weighted by Crippen LogP contribution is -2.74. The standard InChI is InChI=1S/C29H39N5O9/c1-28(2,3)34(43)11-17(35)31-15-10-16(32(4)5)13-8-12-9-14-21(33(6)7)24(38)20(27(30)41)26(40)29(14,42)25(39)18(12)23(37)19(13)22(15)36/h10,12,14,18,20-21,36,42-43H,8-9,11H2,1-7H3,(H2,30,41)(H,31,35)/t12-,14-,18?,20?,21-,29-/m0/s1. The number of hydrogen-bond donors (Lipinski definition) is 5. The number of nitrogens with one attached hydrogen (secondary N) is 1. The highest BCUT2D eigenvalue weighted by molar-refractivity contribution is 6.32. The monoisotopic (exact) mass is 601 g/mol. The highest BCUT2D eigenvalue weighted by atomic mass is 16.5. The van der Waals surface area contributed by atoms with Crippen LogP contribution in [0.3, 0.4) is 0 Å². The number of nitrogens with zero attached hydrogens (tertiary/aromatic N) is 3. The number of amides is 2. The largest absolute Gasteiger partial charge is 0.505 e. The van der Waals surface area contributed by atoms with Crippen molar-refractivity contribution in [3.8, 4) is 5.75 Å². The van der Waals surface area contributed by atoms with E-state index in [0.717, 1.165) is 5.06 Å². The van der Waals surface area contributed by atoms with Gasteiger partial charge < -0.3 is 31.4 Å². The smallest absolute Gasteiger partial charge is 0.241 e. The first-order chi connectivity index (χ1) is 19.7. The van der Waals surface area contributed by atoms with Gasteiger partial charge in [-0.2, -0.15) is 5.06 Å². The van der Waals surface area contributed by atoms with Gasteiger partial charge >= 0.3 is 0 Å². The van der Waals surface area contributed by atoms with Gasteiger partial charge in [-0.05, 0) is 65.3 Å². The number of ketones is 4. The van der Waals surface area contributed by atoms with Crippen molar-refractivity contribution in [3.63, 3.8) is 0 Å². The molecule has 2 saturated carbocycles. The number of aromatic hydroxyl groups is 1. The molecule has 6 N–H and O–H groups in total. The summed E-state index contributed by atoms with van der Waals surface area (Å²) in [6.45, 7) is 4.62. The van der Waals surface area contributed by atoms with Gasteiger partial charge in [0.05, 0.1) is 23.2 Å². The van der Waals surface area contributed by atoms with Crippen molar-refractivity contribution in [1.82, 2.24) is 9.96 Å². The minimum Gasteiger partial charge on any atom is -0.505 e. The van der Waals surface area contributed by atoms with Crippen LogP contribution >= 0.6 is 0 Å². The molecule has 2 unspecified atom stereocenters. The van der Waals surface area contributed by atoms with E-state index in [4.69, 9.17) is 5.73 Å². The Morgan fingerprint density at radius 1 is 1.09 bits per heavy atom. The molecular formula is C29H39N5O9. The van der Waals surface area contributed by atoms with Gasteiger partial charge in [-0.1, -0.05) is 0 Å². The lowest BCUT2D eigenvalue weighted by molar-refractivity contribution is -0.181. The lowest BCUT2D eigenvalue weighted by Gasteiger charge is -2.52. The van der Waals surface area contributed by atoms with Crippen LogP contribution < -0.4 is 16.0 Å². The molecule has 14 heteroatoms. The molecule has 0 aromatic heterocycles. The second-order valence-corrected chi connectivity index (χ2v) is 13.1. The SMILES string of the molecule is CN(C)c1cc(NC(=O)CN(O)C(C)(C)C)c(O)c2c1C[C@H]1C[C@H]3[C@H](N(C)C)C(=O)C(C(N)=O)C(=O)[C@@]3(O)C(=O)C1C2=O. The summed E-state index contributed by atoms with van der Waals surface area (Å²) in [6, 6.07) is 0.285. The van der Waals surface area contributed by atoms with Crippen molar-refractivity contribution in [3.05, 3.63) is 17.2 Å². The number of likely N-dealkylation sites (N-methyl/N-ethyl adjacent to an activating group) is 1. The van der Waals surface area contributed by atoms with Crippen molar-refractivity contribution in [1.29, 1.82) is 0 Å². The molecule has 1 aromatic carbocycles. The maximum Gasteiger partial charge on any atom is 0.241 e. The van der Waals surface area contributed by atoms with E-state index in [1.54, 1.807) is 39.8 Å². The van der Waals surface area contributed by atoms with E-state index in [2.05, 4.69) is 5.32 Å². The Bertz CT molecular complexity index is 1430. The second-order valence-electron chi connectivity index (χ2n) is 13.1. The number of carbonyl (C=O) groups is 6. The third-order valence-corrected chi connectivity index (χ3v) is 8.86. The number of phenolic OH excluding ortho intramolecular Hbond substituents is 1. The number of fused-ring (bicyclic) bond motifs is 3. The zero-order valence-electron chi connectivity index (χ0n) is 25.3. The van der Waals surface area contributed by atoms with Crippen LogP contribution in [0.4, 0.5) is 11.4 Å². The number of primary amides is 1. The van der Waals surface area contributed by atoms with E-state index < -0.39 is 88.1 Å². The van der Waals surface area contributed by atoms with Gasteiger partial charge in [0.1, 0.15) is 12.3 Å². The molecule has 2 fully saturated rings. The van der Waals surface area contributed by atoms with E-state index in [0.29, 0.717) is 11.3 Å². The van der Waals surface area contributed by atoms with Gasteiger partial charge in [0, 0.05) is 31.2 Å². The molecule has 1 aromatic rings. The fourth-order valence-electron chi connectivity index (χ4n) is 6.71. The first kappa shape index (κ1) is 32.2. The molecule has 43 heavy (non-hydrogen) atoms. The first-order valence-electron chi connectivity index (χ1n) is 13.9. The number of anilines is 2. The van der Waals surface area contributed by atoms with Crippen molar-refractivity contribution in [2.75, 3.05) is 45.0 Å². The average molecular weight is 602 g/mol. The number of carbonyl (C=O) groups excluding carboxylic acids is 6. The first-order valence-corrected chi connectivity index (χ1v) is 13.9. The summed E-state index contributed by atoms with van der Waals surface area (Å²) < 4.78 is 0. The van der Waals surface area contributed by atoms with Crippen LogP contribution in [-0.4, -0.2) is 112 Å². The maximum atomic E-state index is 14.1. The van der Waals surface area contributed by atoms with Crippen LogP contribution in [0.1, 0.15) is 43.1 Å². The Morgan fingerprint density at radius 2 is 1.70 bits per heavy atom. The zero-order valence-corrected chi connectivity index (χ0v) is 25.3. The molecule has 0 aliphatic heterocycles. The minimum absolute atomic E-state index is 0.0743. The van der Waals surface area contributed by atoms with Gasteiger partial charge in [-0.25, -0.2) is 0 Å². The van der Waals surface area contributed by atoms with Crippen molar-refractivity contribution >= 4 is 46.3 Å². The molecule has 234 valence electrons. The number of Topliss-reactive ketones (excluding diaryl/α,β-unsaturated/α-hetero) is 4. The van der Waals surface area contributed by atoms with Gasteiger partial charge in [0.15, 0.2) is 34.7 Å². The predicted octanol–water partition coefficient (Wildman–Crippen LogP) is -0.639. The summed E-state index contributed by atoms with van der Waals surface area (Å²) in [7, 11) is 6.42. The molecule has 0 radical (unpaired) electrons. The topological polar surface area (TPSA) is 211 Å². The number of nitrogens with two attached hydrogens (primary N) is 1. The Kier molecular flexibility index (Phi) is 8.07. The van der Waals surface area contributed by atoms with Gasteiger partial charge in [-0.15, -0.1) is 0 Å². The molecule has 0 heterocycles. The quantitative estimate of drug-likeness (QED) is 0.157. The van der Waals surface area contributed by atoms with Gasteiger partial charge in [0.2, 0.25) is 11.8 Å². The Labute approximate surface area is 248 Å². The average Bonchev–Trinajstić information content (AvgIpc) is 2.86. The minimum atomic E-state index is -2.83. The maximum absolute atomic E-state index is 14.1. The molecule has 0 spiro atoms. The number of aliphatic hydroxyl groups is 1. The molecule has 2 amide bonds. The summed E-state index contributed by atoms with van der Waals surface area (Å²) >= 11 is 0. The number of hydrogen-bond acceptors (Lipinski definition) is 12. The van der Waals surface area contributed by atoms with Crippen molar-refractivity contribution in [2.45, 2.75) is 50.8 Å². The number of benzene rings is 1. The summed E-state index contributed by atoms with van der Waals surface area (Å²) in [5.74, 6) is -12.4. The van der Waals surface area contributed by atoms with Crippen molar-refractivity contribution in [2.24, 2.45) is 29.4 Å². The Morgan fingerprint density at radius 3 is 2.21 bits per heavy atom. The lowest BCUT2D eigenvalue weighted by atomic mass is 9.52. The molecule has 14 nitrogen and oxygen atoms in total. The number of phenols is 1. The molecule has 0 saturated heterocycles. The molecule has 0 bridgehead atoms. The zero-order chi connectivity index (χ0) is 32.5. The normalized spacial score (nSPS) is 28.9. The third kappa shape index (κ3) is 5.01.